The molecule has 1 heterocycles. The summed E-state index contributed by atoms with van der Waals surface area (Å²) in [5.41, 5.74) is 1.91. The van der Waals surface area contributed by atoms with E-state index in [1.807, 2.05) is 42.5 Å². The molecule has 0 bridgehead atoms. The summed E-state index contributed by atoms with van der Waals surface area (Å²) in [5, 5.41) is 9.58. The average molecular weight is 453 g/mol. The van der Waals surface area contributed by atoms with Crippen molar-refractivity contribution in [3.05, 3.63) is 68.1 Å². The summed E-state index contributed by atoms with van der Waals surface area (Å²) in [5.74, 6) is 0.159. The van der Waals surface area contributed by atoms with Crippen molar-refractivity contribution in [2.24, 2.45) is 0 Å². The number of rotatable bonds is 3. The molecule has 1 fully saturated rings. The van der Waals surface area contributed by atoms with Crippen LogP contribution in [0.4, 0.5) is 0 Å². The number of phenolic OH excluding ortho intramolecular Hbond substituents is 1. The lowest BCUT2D eigenvalue weighted by Gasteiger charge is -2.14. The van der Waals surface area contributed by atoms with Gasteiger partial charge in [0.2, 0.25) is 0 Å². The monoisotopic (exact) mass is 453 g/mol. The molecule has 2 aromatic rings. The van der Waals surface area contributed by atoms with Gasteiger partial charge < -0.3 is 5.11 Å². The van der Waals surface area contributed by atoms with E-state index in [2.05, 4.69) is 22.6 Å². The maximum atomic E-state index is 12.6. The number of thioether (sulfide) groups is 1. The molecule has 1 saturated heterocycles. The first-order chi connectivity index (χ1) is 11.0. The van der Waals surface area contributed by atoms with Crippen LogP contribution in [-0.2, 0) is 11.3 Å². The van der Waals surface area contributed by atoms with E-state index in [0.717, 1.165) is 14.7 Å². The summed E-state index contributed by atoms with van der Waals surface area (Å²) in [6.45, 7) is 0.482. The lowest BCUT2D eigenvalue weighted by molar-refractivity contribution is -0.122. The Morgan fingerprint density at radius 2 is 1.96 bits per heavy atom. The Kier molecular flexibility index (Phi) is 5.03. The van der Waals surface area contributed by atoms with Crippen LogP contribution in [0.2, 0.25) is 0 Å². The topological polar surface area (TPSA) is 40.5 Å². The molecular formula is C17H12INO2S2. The fourth-order valence-corrected chi connectivity index (χ4v) is 3.96. The number of nitrogens with zero attached hydrogens (tertiary/aromatic N) is 1. The number of hydrogen-bond acceptors (Lipinski definition) is 4. The maximum absolute atomic E-state index is 12.6. The van der Waals surface area contributed by atoms with E-state index >= 15 is 0 Å². The molecule has 0 atom stereocenters. The van der Waals surface area contributed by atoms with Gasteiger partial charge in [-0.2, -0.15) is 0 Å². The van der Waals surface area contributed by atoms with Crippen LogP contribution < -0.4 is 0 Å². The van der Waals surface area contributed by atoms with Crippen molar-refractivity contribution in [1.82, 2.24) is 4.90 Å². The fourth-order valence-electron chi connectivity index (χ4n) is 2.17. The highest BCUT2D eigenvalue weighted by Crippen LogP contribution is 2.34. The van der Waals surface area contributed by atoms with Gasteiger partial charge >= 0.3 is 0 Å². The summed E-state index contributed by atoms with van der Waals surface area (Å²) in [6.07, 6.45) is 1.81. The molecule has 1 amide bonds. The van der Waals surface area contributed by atoms with Gasteiger partial charge in [0.15, 0.2) is 0 Å². The van der Waals surface area contributed by atoms with Gasteiger partial charge in [-0.1, -0.05) is 60.4 Å². The quantitative estimate of drug-likeness (QED) is 0.425. The van der Waals surface area contributed by atoms with E-state index in [4.69, 9.17) is 12.2 Å². The van der Waals surface area contributed by atoms with Crippen LogP contribution in [0.3, 0.4) is 0 Å². The molecule has 0 unspecified atom stereocenters. The van der Waals surface area contributed by atoms with Crippen molar-refractivity contribution in [2.75, 3.05) is 0 Å². The van der Waals surface area contributed by atoms with E-state index in [0.29, 0.717) is 15.8 Å². The number of phenols is 1. The largest absolute Gasteiger partial charge is 0.507 e. The van der Waals surface area contributed by atoms with Gasteiger partial charge in [0.25, 0.3) is 5.91 Å². The zero-order valence-corrected chi connectivity index (χ0v) is 15.7. The lowest BCUT2D eigenvalue weighted by Crippen LogP contribution is -2.27. The van der Waals surface area contributed by atoms with Crippen molar-refractivity contribution in [3.63, 3.8) is 0 Å². The third kappa shape index (κ3) is 3.76. The summed E-state index contributed by atoms with van der Waals surface area (Å²) in [7, 11) is 0. The summed E-state index contributed by atoms with van der Waals surface area (Å²) >= 11 is 8.71. The molecular weight excluding hydrogens is 441 g/mol. The molecule has 0 saturated carbocycles. The number of benzene rings is 2. The van der Waals surface area contributed by atoms with Crippen molar-refractivity contribution < 1.29 is 9.90 Å². The number of carbonyl (C=O) groups excluding carboxylic acids is 1. The molecule has 1 aliphatic heterocycles. The highest BCUT2D eigenvalue weighted by atomic mass is 127. The fraction of sp³-hybridized carbons (Fsp3) is 0.0588. The lowest BCUT2D eigenvalue weighted by atomic mass is 10.2. The van der Waals surface area contributed by atoms with Gasteiger partial charge in [-0.05, 0) is 51.9 Å². The number of aromatic hydroxyl groups is 1. The summed E-state index contributed by atoms with van der Waals surface area (Å²) < 4.78 is 1.31. The molecule has 2 aromatic carbocycles. The van der Waals surface area contributed by atoms with Gasteiger partial charge in [-0.25, -0.2) is 0 Å². The smallest absolute Gasteiger partial charge is 0.266 e. The highest BCUT2D eigenvalue weighted by Gasteiger charge is 2.31. The van der Waals surface area contributed by atoms with E-state index in [-0.39, 0.29) is 11.7 Å². The number of carbonyl (C=O) groups is 1. The van der Waals surface area contributed by atoms with Crippen molar-refractivity contribution in [3.8, 4) is 5.75 Å². The van der Waals surface area contributed by atoms with Crippen LogP contribution in [0.25, 0.3) is 6.08 Å². The Labute approximate surface area is 157 Å². The van der Waals surface area contributed by atoms with Crippen LogP contribution in [0.1, 0.15) is 11.1 Å². The molecule has 0 aromatic heterocycles. The van der Waals surface area contributed by atoms with Crippen LogP contribution >= 0.6 is 46.6 Å². The SMILES string of the molecule is O=C1/C(=C\c2ccc(O)c(I)c2)SC(=S)N1Cc1ccccc1. The molecule has 1 N–H and O–H groups in total. The Morgan fingerprint density at radius 1 is 1.22 bits per heavy atom. The van der Waals surface area contributed by atoms with Crippen molar-refractivity contribution >= 4 is 62.9 Å². The number of amides is 1. The Morgan fingerprint density at radius 3 is 2.65 bits per heavy atom. The number of thiocarbonyl (C=S) groups is 1. The molecule has 0 spiro atoms. The van der Waals surface area contributed by atoms with E-state index in [9.17, 15) is 9.90 Å². The third-order valence-electron chi connectivity index (χ3n) is 3.33. The molecule has 3 nitrogen and oxygen atoms in total. The average Bonchev–Trinajstić information content (AvgIpc) is 2.80. The van der Waals surface area contributed by atoms with Gasteiger partial charge in [0.1, 0.15) is 10.1 Å². The van der Waals surface area contributed by atoms with Crippen LogP contribution in [0.15, 0.2) is 53.4 Å². The Bertz CT molecular complexity index is 805. The second kappa shape index (κ2) is 7.02. The molecule has 23 heavy (non-hydrogen) atoms. The zero-order valence-electron chi connectivity index (χ0n) is 11.9. The van der Waals surface area contributed by atoms with Gasteiger partial charge in [0, 0.05) is 0 Å². The number of hydrogen-bond donors (Lipinski definition) is 1. The van der Waals surface area contributed by atoms with Crippen LogP contribution in [0, 0.1) is 3.57 Å². The molecule has 1 aliphatic rings. The van der Waals surface area contributed by atoms with Crippen molar-refractivity contribution in [1.29, 1.82) is 0 Å². The predicted molar refractivity (Wildman–Crippen MR) is 106 cm³/mol. The molecule has 0 radical (unpaired) electrons. The Balaban J connectivity index is 1.83. The van der Waals surface area contributed by atoms with Crippen LogP contribution in [0.5, 0.6) is 5.75 Å². The van der Waals surface area contributed by atoms with E-state index in [1.165, 1.54) is 11.8 Å². The van der Waals surface area contributed by atoms with E-state index < -0.39 is 0 Å². The normalized spacial score (nSPS) is 16.4. The van der Waals surface area contributed by atoms with E-state index in [1.54, 1.807) is 17.0 Å². The minimum Gasteiger partial charge on any atom is -0.507 e. The zero-order chi connectivity index (χ0) is 16.4. The first kappa shape index (κ1) is 16.5. The maximum Gasteiger partial charge on any atom is 0.266 e. The highest BCUT2D eigenvalue weighted by molar-refractivity contribution is 14.1. The van der Waals surface area contributed by atoms with Crippen LogP contribution in [-0.4, -0.2) is 20.2 Å². The minimum absolute atomic E-state index is 0.0769. The van der Waals surface area contributed by atoms with Crippen molar-refractivity contribution in [2.45, 2.75) is 6.54 Å². The standard InChI is InChI=1S/C17H12INO2S2/c18-13-8-12(6-7-14(13)20)9-15-16(21)19(17(22)23-15)10-11-4-2-1-3-5-11/h1-9,20H,10H2/b15-9+. The first-order valence-corrected chi connectivity index (χ1v) is 9.13. The van der Waals surface area contributed by atoms with Gasteiger partial charge in [0.05, 0.1) is 15.0 Å². The Hall–Kier alpha value is -1.38. The first-order valence-electron chi connectivity index (χ1n) is 6.82. The molecule has 116 valence electrons. The second-order valence-electron chi connectivity index (χ2n) is 4.96. The third-order valence-corrected chi connectivity index (χ3v) is 5.57. The number of halogens is 1. The molecule has 6 heteroatoms. The van der Waals surface area contributed by atoms with Gasteiger partial charge in [-0.3, -0.25) is 9.69 Å². The summed E-state index contributed by atoms with van der Waals surface area (Å²) in [4.78, 5) is 14.8. The predicted octanol–water partition coefficient (Wildman–Crippen LogP) is 4.40. The minimum atomic E-state index is -0.0769. The second-order valence-corrected chi connectivity index (χ2v) is 7.80. The molecule has 3 rings (SSSR count). The molecule has 0 aliphatic carbocycles. The van der Waals surface area contributed by atoms with Gasteiger partial charge in [-0.15, -0.1) is 0 Å². The summed E-state index contributed by atoms with van der Waals surface area (Å²) in [6, 6.07) is 15.0.